The van der Waals surface area contributed by atoms with Gasteiger partial charge in [0.1, 0.15) is 6.54 Å². The van der Waals surface area contributed by atoms with Crippen molar-refractivity contribution in [2.75, 3.05) is 20.1 Å². The summed E-state index contributed by atoms with van der Waals surface area (Å²) in [6, 6.07) is 0. The van der Waals surface area contributed by atoms with Crippen molar-refractivity contribution in [3.05, 3.63) is 0 Å². The summed E-state index contributed by atoms with van der Waals surface area (Å²) in [6.07, 6.45) is 1.96. The Morgan fingerprint density at radius 2 is 2.14 bits per heavy atom. The Hall–Kier alpha value is -0.660. The zero-order valence-corrected chi connectivity index (χ0v) is 8.75. The van der Waals surface area contributed by atoms with E-state index in [4.69, 9.17) is 5.11 Å². The topological polar surface area (TPSA) is 86.7 Å². The van der Waals surface area contributed by atoms with Crippen LogP contribution in [-0.4, -0.2) is 43.9 Å². The van der Waals surface area contributed by atoms with Gasteiger partial charge in [-0.3, -0.25) is 4.79 Å². The summed E-state index contributed by atoms with van der Waals surface area (Å²) >= 11 is 0. The third-order valence-corrected chi connectivity index (χ3v) is 3.54. The van der Waals surface area contributed by atoms with Crippen LogP contribution in [0.5, 0.6) is 0 Å². The maximum atomic E-state index is 11.3. The van der Waals surface area contributed by atoms with E-state index in [2.05, 4.69) is 4.72 Å². The van der Waals surface area contributed by atoms with Crippen molar-refractivity contribution in [2.45, 2.75) is 12.8 Å². The molecular formula is C7H14N2O4S. The Balaban J connectivity index is 2.64. The summed E-state index contributed by atoms with van der Waals surface area (Å²) in [6.45, 7) is -0.171. The van der Waals surface area contributed by atoms with Gasteiger partial charge in [0.25, 0.3) is 10.2 Å². The monoisotopic (exact) mass is 222 g/mol. The predicted octanol–water partition coefficient (Wildman–Crippen LogP) is -0.753. The number of hydrogen-bond acceptors (Lipinski definition) is 3. The summed E-state index contributed by atoms with van der Waals surface area (Å²) in [5.41, 5.74) is 0. The van der Waals surface area contributed by atoms with Gasteiger partial charge in [0.05, 0.1) is 0 Å². The van der Waals surface area contributed by atoms with E-state index >= 15 is 0 Å². The lowest BCUT2D eigenvalue weighted by atomic mass is 10.4. The van der Waals surface area contributed by atoms with Crippen LogP contribution in [0, 0.1) is 5.92 Å². The fraction of sp³-hybridized carbons (Fsp3) is 0.857. The molecule has 1 rings (SSSR count). The first-order valence-corrected chi connectivity index (χ1v) is 5.80. The van der Waals surface area contributed by atoms with Crippen LogP contribution in [0.4, 0.5) is 0 Å². The molecule has 0 aromatic heterocycles. The highest BCUT2D eigenvalue weighted by atomic mass is 32.2. The van der Waals surface area contributed by atoms with Gasteiger partial charge < -0.3 is 5.11 Å². The van der Waals surface area contributed by atoms with Crippen molar-refractivity contribution in [2.24, 2.45) is 5.92 Å². The van der Waals surface area contributed by atoms with E-state index in [-0.39, 0.29) is 0 Å². The number of carbonyl (C=O) groups is 1. The molecule has 0 amide bonds. The van der Waals surface area contributed by atoms with Gasteiger partial charge in [-0.15, -0.1) is 0 Å². The number of rotatable bonds is 6. The molecule has 6 nitrogen and oxygen atoms in total. The van der Waals surface area contributed by atoms with Crippen molar-refractivity contribution >= 4 is 16.2 Å². The number of carboxylic acid groups (broad SMARTS) is 1. The largest absolute Gasteiger partial charge is 0.480 e. The second kappa shape index (κ2) is 4.24. The summed E-state index contributed by atoms with van der Waals surface area (Å²) in [7, 11) is -2.33. The number of nitrogens with zero attached hydrogens (tertiary/aromatic N) is 1. The van der Waals surface area contributed by atoms with Crippen LogP contribution in [0.2, 0.25) is 0 Å². The minimum Gasteiger partial charge on any atom is -0.480 e. The quantitative estimate of drug-likeness (QED) is 0.619. The first-order valence-electron chi connectivity index (χ1n) is 4.36. The molecule has 1 fully saturated rings. The highest BCUT2D eigenvalue weighted by Gasteiger charge is 2.30. The van der Waals surface area contributed by atoms with Crippen molar-refractivity contribution < 1.29 is 18.3 Å². The molecule has 0 aromatic rings. The predicted molar refractivity (Wildman–Crippen MR) is 49.9 cm³/mol. The van der Waals surface area contributed by atoms with E-state index in [1.807, 2.05) is 0 Å². The number of aliphatic carboxylic acids is 1. The van der Waals surface area contributed by atoms with Gasteiger partial charge in [0.15, 0.2) is 0 Å². The maximum Gasteiger partial charge on any atom is 0.318 e. The van der Waals surface area contributed by atoms with Crippen molar-refractivity contribution in [3.63, 3.8) is 0 Å². The smallest absolute Gasteiger partial charge is 0.318 e. The SMILES string of the molecule is CNS(=O)(=O)N(CC(=O)O)CC1CC1. The Kier molecular flexibility index (Phi) is 3.46. The molecule has 0 aromatic carbocycles. The molecule has 2 N–H and O–H groups in total. The first kappa shape index (κ1) is 11.4. The first-order chi connectivity index (χ1) is 6.45. The second-order valence-corrected chi connectivity index (χ2v) is 5.21. The van der Waals surface area contributed by atoms with E-state index in [1.165, 1.54) is 7.05 Å². The molecule has 0 saturated heterocycles. The van der Waals surface area contributed by atoms with Crippen LogP contribution in [0.25, 0.3) is 0 Å². The summed E-state index contributed by atoms with van der Waals surface area (Å²) in [4.78, 5) is 10.4. The van der Waals surface area contributed by atoms with Gasteiger partial charge in [-0.25, -0.2) is 4.72 Å². The number of carboxylic acids is 1. The lowest BCUT2D eigenvalue weighted by Crippen LogP contribution is -2.43. The zero-order valence-electron chi connectivity index (χ0n) is 7.93. The molecule has 0 heterocycles. The van der Waals surface area contributed by atoms with Crippen LogP contribution in [-0.2, 0) is 15.0 Å². The average molecular weight is 222 g/mol. The lowest BCUT2D eigenvalue weighted by molar-refractivity contribution is -0.137. The number of hydrogen-bond donors (Lipinski definition) is 2. The molecular weight excluding hydrogens is 208 g/mol. The molecule has 1 saturated carbocycles. The second-order valence-electron chi connectivity index (χ2n) is 3.34. The van der Waals surface area contributed by atoms with E-state index < -0.39 is 22.7 Å². The van der Waals surface area contributed by atoms with Crippen molar-refractivity contribution in [1.82, 2.24) is 9.03 Å². The molecule has 0 bridgehead atoms. The standard InChI is InChI=1S/C7H14N2O4S/c1-8-14(12,13)9(5-7(10)11)4-6-2-3-6/h6,8H,2-5H2,1H3,(H,10,11). The number of nitrogens with one attached hydrogen (secondary N) is 1. The summed E-state index contributed by atoms with van der Waals surface area (Å²) < 4.78 is 25.8. The van der Waals surface area contributed by atoms with Gasteiger partial charge in [-0.05, 0) is 18.8 Å². The normalized spacial score (nSPS) is 17.3. The maximum absolute atomic E-state index is 11.3. The molecule has 1 aliphatic rings. The highest BCUT2D eigenvalue weighted by molar-refractivity contribution is 7.87. The van der Waals surface area contributed by atoms with Gasteiger partial charge >= 0.3 is 5.97 Å². The van der Waals surface area contributed by atoms with Crippen LogP contribution < -0.4 is 4.72 Å². The van der Waals surface area contributed by atoms with E-state index in [9.17, 15) is 13.2 Å². The Labute approximate surface area is 83.1 Å². The minimum absolute atomic E-state index is 0.301. The minimum atomic E-state index is -3.61. The fourth-order valence-corrected chi connectivity index (χ4v) is 2.06. The van der Waals surface area contributed by atoms with Gasteiger partial charge in [0, 0.05) is 13.6 Å². The molecule has 1 aliphatic carbocycles. The van der Waals surface area contributed by atoms with Crippen molar-refractivity contribution in [3.8, 4) is 0 Å². The Bertz CT molecular complexity index is 310. The van der Waals surface area contributed by atoms with Gasteiger partial charge in [-0.2, -0.15) is 12.7 Å². The molecule has 0 unspecified atom stereocenters. The van der Waals surface area contributed by atoms with Crippen LogP contribution >= 0.6 is 0 Å². The fourth-order valence-electron chi connectivity index (χ4n) is 1.12. The Morgan fingerprint density at radius 1 is 1.57 bits per heavy atom. The van der Waals surface area contributed by atoms with Gasteiger partial charge in [-0.1, -0.05) is 0 Å². The third kappa shape index (κ3) is 3.24. The van der Waals surface area contributed by atoms with Crippen LogP contribution in [0.3, 0.4) is 0 Å². The molecule has 7 heteroatoms. The third-order valence-electron chi connectivity index (χ3n) is 2.07. The van der Waals surface area contributed by atoms with E-state index in [1.54, 1.807) is 0 Å². The summed E-state index contributed by atoms with van der Waals surface area (Å²) in [5, 5.41) is 8.54. The average Bonchev–Trinajstić information content (AvgIpc) is 2.86. The molecule has 0 spiro atoms. The van der Waals surface area contributed by atoms with E-state index in [0.29, 0.717) is 12.5 Å². The van der Waals surface area contributed by atoms with Gasteiger partial charge in [0.2, 0.25) is 0 Å². The van der Waals surface area contributed by atoms with Crippen molar-refractivity contribution in [1.29, 1.82) is 0 Å². The van der Waals surface area contributed by atoms with Crippen LogP contribution in [0.1, 0.15) is 12.8 Å². The van der Waals surface area contributed by atoms with E-state index in [0.717, 1.165) is 17.1 Å². The molecule has 82 valence electrons. The van der Waals surface area contributed by atoms with Crippen LogP contribution in [0.15, 0.2) is 0 Å². The molecule has 0 atom stereocenters. The summed E-state index contributed by atoms with van der Waals surface area (Å²) in [5.74, 6) is -0.804. The zero-order chi connectivity index (χ0) is 10.8. The molecule has 0 aliphatic heterocycles. The molecule has 0 radical (unpaired) electrons. The highest BCUT2D eigenvalue weighted by Crippen LogP contribution is 2.30. The Morgan fingerprint density at radius 3 is 2.50 bits per heavy atom. The lowest BCUT2D eigenvalue weighted by Gasteiger charge is -2.18. The molecule has 14 heavy (non-hydrogen) atoms.